The van der Waals surface area contributed by atoms with E-state index in [9.17, 15) is 9.59 Å². The van der Waals surface area contributed by atoms with Gasteiger partial charge in [0.25, 0.3) is 0 Å². The van der Waals surface area contributed by atoms with Gasteiger partial charge < -0.3 is 23.7 Å². The van der Waals surface area contributed by atoms with Crippen LogP contribution in [0.5, 0.6) is 23.0 Å². The van der Waals surface area contributed by atoms with Crippen molar-refractivity contribution in [3.05, 3.63) is 119 Å². The van der Waals surface area contributed by atoms with Crippen LogP contribution in [-0.2, 0) is 18.0 Å². The van der Waals surface area contributed by atoms with E-state index >= 15 is 0 Å². The third-order valence-corrected chi connectivity index (χ3v) is 5.47. The molecule has 0 aromatic heterocycles. The molecule has 0 spiro atoms. The molecule has 4 aromatic rings. The highest BCUT2D eigenvalue weighted by atomic mass is 16.6. The summed E-state index contributed by atoms with van der Waals surface area (Å²) in [6.07, 6.45) is 0. The van der Waals surface area contributed by atoms with Crippen LogP contribution in [0.4, 0.5) is 0 Å². The normalized spacial score (nSPS) is 10.3. The molecule has 0 unspecified atom stereocenters. The van der Waals surface area contributed by atoms with Gasteiger partial charge in [-0.15, -0.1) is 0 Å². The monoisotopic (exact) mass is 498 g/mol. The van der Waals surface area contributed by atoms with Crippen LogP contribution in [0.2, 0.25) is 0 Å². The molecule has 0 amide bonds. The van der Waals surface area contributed by atoms with E-state index < -0.39 is 11.9 Å². The summed E-state index contributed by atoms with van der Waals surface area (Å²) in [5, 5.41) is 0. The largest absolute Gasteiger partial charge is 0.496 e. The average Bonchev–Trinajstić information content (AvgIpc) is 2.95. The van der Waals surface area contributed by atoms with Crippen LogP contribution in [0.15, 0.2) is 97.1 Å². The number of benzene rings is 4. The SMILES string of the molecule is COc1cc(OCc2ccccc2)ccc1C(=O)OC(=O)c1ccc(OCc2ccccc2)cc1OC. The van der Waals surface area contributed by atoms with Gasteiger partial charge in [0.2, 0.25) is 0 Å². The van der Waals surface area contributed by atoms with Crippen molar-refractivity contribution < 1.29 is 33.3 Å². The molecule has 0 aliphatic carbocycles. The fraction of sp³-hybridized carbons (Fsp3) is 0.133. The summed E-state index contributed by atoms with van der Waals surface area (Å²) >= 11 is 0. The number of hydrogen-bond acceptors (Lipinski definition) is 7. The highest BCUT2D eigenvalue weighted by Gasteiger charge is 2.22. The molecule has 0 saturated carbocycles. The van der Waals surface area contributed by atoms with Crippen LogP contribution in [0.3, 0.4) is 0 Å². The molecule has 4 rings (SSSR count). The van der Waals surface area contributed by atoms with Crippen molar-refractivity contribution in [3.63, 3.8) is 0 Å². The molecule has 0 aliphatic heterocycles. The van der Waals surface area contributed by atoms with Crippen molar-refractivity contribution >= 4 is 11.9 Å². The third-order valence-electron chi connectivity index (χ3n) is 5.47. The van der Waals surface area contributed by atoms with E-state index in [2.05, 4.69) is 0 Å². The van der Waals surface area contributed by atoms with Crippen molar-refractivity contribution in [2.24, 2.45) is 0 Å². The van der Waals surface area contributed by atoms with Gasteiger partial charge in [0, 0.05) is 12.1 Å². The Morgan fingerprint density at radius 2 is 0.973 bits per heavy atom. The topological polar surface area (TPSA) is 80.3 Å². The first-order chi connectivity index (χ1) is 18.1. The van der Waals surface area contributed by atoms with E-state index in [4.69, 9.17) is 23.7 Å². The third kappa shape index (κ3) is 6.67. The molecule has 37 heavy (non-hydrogen) atoms. The molecule has 4 aromatic carbocycles. The molecular weight excluding hydrogens is 472 g/mol. The van der Waals surface area contributed by atoms with Crippen LogP contribution >= 0.6 is 0 Å². The molecule has 7 heteroatoms. The van der Waals surface area contributed by atoms with Gasteiger partial charge in [0.05, 0.1) is 14.2 Å². The summed E-state index contributed by atoms with van der Waals surface area (Å²) in [5.41, 5.74) is 2.18. The van der Waals surface area contributed by atoms with Crippen molar-refractivity contribution in [1.29, 1.82) is 0 Å². The summed E-state index contributed by atoms with van der Waals surface area (Å²) in [7, 11) is 2.85. The van der Waals surface area contributed by atoms with Gasteiger partial charge in [-0.1, -0.05) is 60.7 Å². The molecule has 0 aliphatic rings. The van der Waals surface area contributed by atoms with Gasteiger partial charge >= 0.3 is 11.9 Å². The van der Waals surface area contributed by atoms with E-state index in [0.717, 1.165) is 11.1 Å². The molecule has 7 nitrogen and oxygen atoms in total. The first-order valence-corrected chi connectivity index (χ1v) is 11.5. The Balaban J connectivity index is 1.42. The highest BCUT2D eigenvalue weighted by Crippen LogP contribution is 2.29. The molecular formula is C30H26O7. The predicted octanol–water partition coefficient (Wildman–Crippen LogP) is 5.86. The lowest BCUT2D eigenvalue weighted by Gasteiger charge is -2.13. The second-order valence-electron chi connectivity index (χ2n) is 7.95. The Morgan fingerprint density at radius 3 is 1.35 bits per heavy atom. The fourth-order valence-electron chi connectivity index (χ4n) is 3.54. The zero-order chi connectivity index (χ0) is 26.0. The second kappa shape index (κ2) is 12.3. The summed E-state index contributed by atoms with van der Waals surface area (Å²) < 4.78 is 27.4. The van der Waals surface area contributed by atoms with E-state index in [0.29, 0.717) is 24.7 Å². The maximum Gasteiger partial charge on any atom is 0.349 e. The maximum absolute atomic E-state index is 12.8. The minimum Gasteiger partial charge on any atom is -0.496 e. The van der Waals surface area contributed by atoms with Gasteiger partial charge in [-0.05, 0) is 35.4 Å². The molecule has 0 radical (unpaired) electrons. The number of esters is 2. The highest BCUT2D eigenvalue weighted by molar-refractivity contribution is 6.05. The minimum absolute atomic E-state index is 0.0877. The Hall–Kier alpha value is -4.78. The molecule has 188 valence electrons. The van der Waals surface area contributed by atoms with Crippen LogP contribution in [0.1, 0.15) is 31.8 Å². The maximum atomic E-state index is 12.8. The van der Waals surface area contributed by atoms with Gasteiger partial charge in [-0.3, -0.25) is 0 Å². The lowest BCUT2D eigenvalue weighted by Crippen LogP contribution is -2.15. The predicted molar refractivity (Wildman–Crippen MR) is 137 cm³/mol. The van der Waals surface area contributed by atoms with Gasteiger partial charge in [0.15, 0.2) is 0 Å². The molecule has 0 fully saturated rings. The zero-order valence-electron chi connectivity index (χ0n) is 20.5. The summed E-state index contributed by atoms with van der Waals surface area (Å²) in [4.78, 5) is 25.6. The van der Waals surface area contributed by atoms with E-state index in [1.807, 2.05) is 60.7 Å². The quantitative estimate of drug-likeness (QED) is 0.200. The molecule has 0 N–H and O–H groups in total. The van der Waals surface area contributed by atoms with Gasteiger partial charge in [-0.25, -0.2) is 9.59 Å². The number of rotatable bonds is 10. The minimum atomic E-state index is -0.858. The van der Waals surface area contributed by atoms with Crippen molar-refractivity contribution in [2.75, 3.05) is 14.2 Å². The van der Waals surface area contributed by atoms with E-state index in [1.54, 1.807) is 24.3 Å². The first-order valence-electron chi connectivity index (χ1n) is 11.5. The molecule has 0 saturated heterocycles. The number of ether oxygens (including phenoxy) is 5. The van der Waals surface area contributed by atoms with E-state index in [1.165, 1.54) is 26.4 Å². The van der Waals surface area contributed by atoms with E-state index in [-0.39, 0.29) is 22.6 Å². The van der Waals surface area contributed by atoms with Gasteiger partial charge in [-0.2, -0.15) is 0 Å². The van der Waals surface area contributed by atoms with Crippen molar-refractivity contribution in [3.8, 4) is 23.0 Å². The molecule has 0 atom stereocenters. The first kappa shape index (κ1) is 25.3. The zero-order valence-corrected chi connectivity index (χ0v) is 20.5. The fourth-order valence-corrected chi connectivity index (χ4v) is 3.54. The van der Waals surface area contributed by atoms with Crippen molar-refractivity contribution in [2.45, 2.75) is 13.2 Å². The summed E-state index contributed by atoms with van der Waals surface area (Å²) in [6.45, 7) is 0.717. The number of hydrogen-bond donors (Lipinski definition) is 0. The van der Waals surface area contributed by atoms with Crippen LogP contribution in [0.25, 0.3) is 0 Å². The Kier molecular flexibility index (Phi) is 8.39. The van der Waals surface area contributed by atoms with Crippen LogP contribution in [-0.4, -0.2) is 26.2 Å². The van der Waals surface area contributed by atoms with Crippen molar-refractivity contribution in [1.82, 2.24) is 0 Å². The Morgan fingerprint density at radius 1 is 0.568 bits per heavy atom. The number of carbonyl (C=O) groups excluding carboxylic acids is 2. The Labute approximate surface area is 215 Å². The summed E-state index contributed by atoms with van der Waals surface area (Å²) in [6, 6.07) is 28.7. The smallest absolute Gasteiger partial charge is 0.349 e. The van der Waals surface area contributed by atoms with Crippen LogP contribution in [0, 0.1) is 0 Å². The lowest BCUT2D eigenvalue weighted by atomic mass is 10.1. The van der Waals surface area contributed by atoms with Crippen LogP contribution < -0.4 is 18.9 Å². The van der Waals surface area contributed by atoms with Gasteiger partial charge in [0.1, 0.15) is 47.3 Å². The number of carbonyl (C=O) groups is 2. The molecule has 0 bridgehead atoms. The Bertz CT molecular complexity index is 1250. The lowest BCUT2D eigenvalue weighted by molar-refractivity contribution is 0.0394. The second-order valence-corrected chi connectivity index (χ2v) is 7.95. The standard InChI is InChI=1S/C30H26O7/c1-33-27-17-23(35-19-21-9-5-3-6-10-21)13-15-25(27)29(31)37-30(32)26-16-14-24(18-28(26)34-2)36-20-22-11-7-4-8-12-22/h3-18H,19-20H2,1-2H3. The summed E-state index contributed by atoms with van der Waals surface area (Å²) in [5.74, 6) is -0.251. The molecule has 0 heterocycles. The average molecular weight is 499 g/mol. The number of methoxy groups -OCH3 is 2.